The van der Waals surface area contributed by atoms with Crippen molar-refractivity contribution in [2.45, 2.75) is 0 Å². The Bertz CT molecular complexity index is 304. The Morgan fingerprint density at radius 2 is 1.69 bits per heavy atom. The lowest BCUT2D eigenvalue weighted by atomic mass is 10.4. The maximum atomic E-state index is 5.05. The average molecular weight is 248 g/mol. The van der Waals surface area contributed by atoms with Crippen molar-refractivity contribution in [2.24, 2.45) is 0 Å². The fourth-order valence-corrected chi connectivity index (χ4v) is 1.31. The molecule has 0 aliphatic heterocycles. The van der Waals surface area contributed by atoms with Gasteiger partial charge in [0, 0.05) is 6.07 Å². The Morgan fingerprint density at radius 3 is 2.15 bits per heavy atom. The van der Waals surface area contributed by atoms with Gasteiger partial charge in [-0.05, 0) is 15.9 Å². The molecule has 0 radical (unpaired) electrons. The third-order valence-electron chi connectivity index (χ3n) is 1.51. The number of aromatic nitrogens is 1. The second-order valence-corrected chi connectivity index (χ2v) is 2.94. The third kappa shape index (κ3) is 2.03. The van der Waals surface area contributed by atoms with Crippen LogP contribution in [-0.4, -0.2) is 26.3 Å². The van der Waals surface area contributed by atoms with E-state index >= 15 is 0 Å². The van der Waals surface area contributed by atoms with Crippen LogP contribution in [0.5, 0.6) is 17.4 Å². The van der Waals surface area contributed by atoms with E-state index in [0.717, 1.165) is 0 Å². The van der Waals surface area contributed by atoms with Crippen molar-refractivity contribution in [3.63, 3.8) is 0 Å². The number of hydrogen-bond acceptors (Lipinski definition) is 4. The predicted octanol–water partition coefficient (Wildman–Crippen LogP) is 1.87. The molecule has 0 saturated heterocycles. The summed E-state index contributed by atoms with van der Waals surface area (Å²) in [6, 6.07) is 1.70. The predicted molar refractivity (Wildman–Crippen MR) is 51.6 cm³/mol. The van der Waals surface area contributed by atoms with Crippen LogP contribution in [0.25, 0.3) is 0 Å². The highest BCUT2D eigenvalue weighted by Crippen LogP contribution is 2.33. The molecule has 0 atom stereocenters. The van der Waals surface area contributed by atoms with E-state index in [1.807, 2.05) is 0 Å². The van der Waals surface area contributed by atoms with Gasteiger partial charge in [-0.2, -0.15) is 4.98 Å². The SMILES string of the molecule is COc1cc(OC)c(OC)nc1Br. The molecular weight excluding hydrogens is 238 g/mol. The minimum Gasteiger partial charge on any atom is -0.494 e. The summed E-state index contributed by atoms with van der Waals surface area (Å²) in [5.41, 5.74) is 0. The average Bonchev–Trinajstić information content (AvgIpc) is 2.17. The number of ether oxygens (including phenoxy) is 3. The quantitative estimate of drug-likeness (QED) is 0.765. The smallest absolute Gasteiger partial charge is 0.258 e. The van der Waals surface area contributed by atoms with Gasteiger partial charge in [-0.3, -0.25) is 0 Å². The third-order valence-corrected chi connectivity index (χ3v) is 2.08. The van der Waals surface area contributed by atoms with E-state index < -0.39 is 0 Å². The molecule has 0 saturated carbocycles. The van der Waals surface area contributed by atoms with Crippen molar-refractivity contribution in [2.75, 3.05) is 21.3 Å². The van der Waals surface area contributed by atoms with Crippen molar-refractivity contribution in [3.05, 3.63) is 10.7 Å². The number of methoxy groups -OCH3 is 3. The number of nitrogens with zero attached hydrogens (tertiary/aromatic N) is 1. The maximum Gasteiger partial charge on any atom is 0.258 e. The zero-order valence-corrected chi connectivity index (χ0v) is 9.21. The molecule has 13 heavy (non-hydrogen) atoms. The molecule has 5 heteroatoms. The first-order valence-electron chi connectivity index (χ1n) is 3.55. The van der Waals surface area contributed by atoms with Crippen LogP contribution in [-0.2, 0) is 0 Å². The highest BCUT2D eigenvalue weighted by atomic mass is 79.9. The van der Waals surface area contributed by atoms with Gasteiger partial charge in [0.1, 0.15) is 0 Å². The van der Waals surface area contributed by atoms with E-state index in [1.54, 1.807) is 20.3 Å². The minimum atomic E-state index is 0.426. The Kier molecular flexibility index (Phi) is 3.36. The van der Waals surface area contributed by atoms with Crippen LogP contribution in [0.2, 0.25) is 0 Å². The van der Waals surface area contributed by atoms with Crippen molar-refractivity contribution in [1.29, 1.82) is 0 Å². The van der Waals surface area contributed by atoms with Gasteiger partial charge in [-0.1, -0.05) is 0 Å². The largest absolute Gasteiger partial charge is 0.494 e. The number of pyridine rings is 1. The van der Waals surface area contributed by atoms with Crippen molar-refractivity contribution in [1.82, 2.24) is 4.98 Å². The molecule has 1 aromatic rings. The lowest BCUT2D eigenvalue weighted by molar-refractivity contribution is 0.335. The Labute approximate surface area is 85.0 Å². The van der Waals surface area contributed by atoms with Crippen LogP contribution in [0, 0.1) is 0 Å². The molecule has 0 unspecified atom stereocenters. The first-order chi connectivity index (χ1) is 6.22. The highest BCUT2D eigenvalue weighted by Gasteiger charge is 2.10. The molecule has 0 amide bonds. The molecule has 0 spiro atoms. The van der Waals surface area contributed by atoms with Crippen molar-refractivity contribution >= 4 is 15.9 Å². The van der Waals surface area contributed by atoms with Gasteiger partial charge in [0.05, 0.1) is 21.3 Å². The Morgan fingerprint density at radius 1 is 1.08 bits per heavy atom. The topological polar surface area (TPSA) is 40.6 Å². The lowest BCUT2D eigenvalue weighted by Crippen LogP contribution is -1.96. The molecule has 0 N–H and O–H groups in total. The van der Waals surface area contributed by atoms with E-state index in [-0.39, 0.29) is 0 Å². The van der Waals surface area contributed by atoms with Gasteiger partial charge < -0.3 is 14.2 Å². The van der Waals surface area contributed by atoms with Gasteiger partial charge >= 0.3 is 0 Å². The van der Waals surface area contributed by atoms with Crippen LogP contribution >= 0.6 is 15.9 Å². The van der Waals surface area contributed by atoms with Gasteiger partial charge in [0.15, 0.2) is 16.1 Å². The minimum absolute atomic E-state index is 0.426. The van der Waals surface area contributed by atoms with Crippen LogP contribution in [0.3, 0.4) is 0 Å². The number of rotatable bonds is 3. The zero-order valence-electron chi connectivity index (χ0n) is 7.63. The molecule has 0 fully saturated rings. The number of hydrogen-bond donors (Lipinski definition) is 0. The second kappa shape index (κ2) is 4.32. The molecular formula is C8H10BrNO3. The molecule has 1 rings (SSSR count). The van der Waals surface area contributed by atoms with Gasteiger partial charge in [0.25, 0.3) is 5.88 Å². The summed E-state index contributed by atoms with van der Waals surface area (Å²) < 4.78 is 15.7. The molecule has 1 heterocycles. The summed E-state index contributed by atoms with van der Waals surface area (Å²) in [7, 11) is 4.64. The molecule has 0 aromatic carbocycles. The number of halogens is 1. The van der Waals surface area contributed by atoms with E-state index in [9.17, 15) is 0 Å². The van der Waals surface area contributed by atoms with Crippen LogP contribution in [0.1, 0.15) is 0 Å². The first-order valence-corrected chi connectivity index (χ1v) is 4.34. The van der Waals surface area contributed by atoms with Crippen LogP contribution in [0.15, 0.2) is 10.7 Å². The fourth-order valence-electron chi connectivity index (χ4n) is 0.875. The summed E-state index contributed by atoms with van der Waals surface area (Å²) in [5, 5.41) is 0. The molecule has 0 aliphatic carbocycles. The summed E-state index contributed by atoms with van der Waals surface area (Å²) in [5.74, 6) is 1.58. The molecule has 4 nitrogen and oxygen atoms in total. The molecule has 0 aliphatic rings. The first kappa shape index (κ1) is 10.1. The van der Waals surface area contributed by atoms with Crippen molar-refractivity contribution in [3.8, 4) is 17.4 Å². The summed E-state index contributed by atoms with van der Waals surface area (Å²) in [6.45, 7) is 0. The van der Waals surface area contributed by atoms with Gasteiger partial charge in [-0.25, -0.2) is 0 Å². The van der Waals surface area contributed by atoms with E-state index in [2.05, 4.69) is 20.9 Å². The zero-order chi connectivity index (χ0) is 9.84. The normalized spacial score (nSPS) is 9.54. The van der Waals surface area contributed by atoms with Gasteiger partial charge in [0.2, 0.25) is 0 Å². The second-order valence-electron chi connectivity index (χ2n) is 2.19. The van der Waals surface area contributed by atoms with Crippen molar-refractivity contribution < 1.29 is 14.2 Å². The molecule has 72 valence electrons. The fraction of sp³-hybridized carbons (Fsp3) is 0.375. The Balaban J connectivity index is 3.18. The van der Waals surface area contributed by atoms with E-state index in [0.29, 0.717) is 22.0 Å². The highest BCUT2D eigenvalue weighted by molar-refractivity contribution is 9.10. The van der Waals surface area contributed by atoms with Gasteiger partial charge in [-0.15, -0.1) is 0 Å². The summed E-state index contributed by atoms with van der Waals surface area (Å²) in [6.07, 6.45) is 0. The Hall–Kier alpha value is -0.970. The summed E-state index contributed by atoms with van der Waals surface area (Å²) >= 11 is 3.24. The summed E-state index contributed by atoms with van der Waals surface area (Å²) in [4.78, 5) is 4.08. The maximum absolute atomic E-state index is 5.05. The lowest BCUT2D eigenvalue weighted by Gasteiger charge is -2.09. The van der Waals surface area contributed by atoms with Crippen LogP contribution < -0.4 is 14.2 Å². The standard InChI is InChI=1S/C8H10BrNO3/c1-11-5-4-6(12-2)8(13-3)10-7(5)9/h4H,1-3H3. The van der Waals surface area contributed by atoms with E-state index in [1.165, 1.54) is 7.11 Å². The van der Waals surface area contributed by atoms with Crippen LogP contribution in [0.4, 0.5) is 0 Å². The molecule has 0 bridgehead atoms. The molecule has 1 aromatic heterocycles. The monoisotopic (exact) mass is 247 g/mol. The van der Waals surface area contributed by atoms with E-state index in [4.69, 9.17) is 14.2 Å².